The molecule has 0 atom stereocenters. The van der Waals surface area contributed by atoms with Crippen LogP contribution in [0.15, 0.2) is 60.8 Å². The molecule has 2 aromatic heterocycles. The molecule has 2 heterocycles. The van der Waals surface area contributed by atoms with E-state index < -0.39 is 18.5 Å². The lowest BCUT2D eigenvalue weighted by Crippen LogP contribution is -2.26. The van der Waals surface area contributed by atoms with E-state index in [0.29, 0.717) is 23.4 Å². The number of aromatic nitrogens is 3. The molecule has 35 heavy (non-hydrogen) atoms. The zero-order valence-electron chi connectivity index (χ0n) is 19.7. The van der Waals surface area contributed by atoms with Crippen LogP contribution in [0.25, 0.3) is 11.0 Å². The zero-order chi connectivity index (χ0) is 24.9. The van der Waals surface area contributed by atoms with Gasteiger partial charge in [0.1, 0.15) is 0 Å². The highest BCUT2D eigenvalue weighted by atomic mass is 16.5. The Morgan fingerprint density at radius 2 is 1.77 bits per heavy atom. The highest BCUT2D eigenvalue weighted by molar-refractivity contribution is 6.04. The topological polar surface area (TPSA) is 115 Å². The average Bonchev–Trinajstić information content (AvgIpc) is 3.15. The van der Waals surface area contributed by atoms with E-state index in [-0.39, 0.29) is 11.5 Å². The van der Waals surface area contributed by atoms with Gasteiger partial charge < -0.3 is 15.4 Å². The van der Waals surface area contributed by atoms with Crippen molar-refractivity contribution >= 4 is 34.5 Å². The van der Waals surface area contributed by atoms with Crippen LogP contribution in [-0.2, 0) is 23.1 Å². The largest absolute Gasteiger partial charge is 0.452 e. The monoisotopic (exact) mass is 471 g/mol. The highest BCUT2D eigenvalue weighted by Gasteiger charge is 2.16. The third-order valence-corrected chi connectivity index (χ3v) is 5.45. The predicted molar refractivity (Wildman–Crippen MR) is 131 cm³/mol. The smallest absolute Gasteiger partial charge is 0.340 e. The summed E-state index contributed by atoms with van der Waals surface area (Å²) in [6.07, 6.45) is 1.39. The van der Waals surface area contributed by atoms with Crippen LogP contribution in [0.5, 0.6) is 0 Å². The third kappa shape index (κ3) is 5.52. The van der Waals surface area contributed by atoms with Gasteiger partial charge in [-0.2, -0.15) is 5.10 Å². The zero-order valence-corrected chi connectivity index (χ0v) is 19.7. The van der Waals surface area contributed by atoms with Crippen LogP contribution in [-0.4, -0.2) is 39.2 Å². The molecule has 2 N–H and O–H groups in total. The standard InChI is InChI=1S/C26H25N5O4/c1-16-8-10-18(11-9-16)13-28-25(33)20-6-4-5-7-22(20)29-23(32)15-35-26(34)19-12-21-17(2)30-31(3)24(21)27-14-19/h4-12,14H,13,15H2,1-3H3,(H,28,33)(H,29,32). The number of carbonyl (C=O) groups is 3. The molecule has 0 spiro atoms. The first-order chi connectivity index (χ1) is 16.8. The summed E-state index contributed by atoms with van der Waals surface area (Å²) in [4.78, 5) is 41.9. The maximum absolute atomic E-state index is 12.7. The second-order valence-corrected chi connectivity index (χ2v) is 8.14. The van der Waals surface area contributed by atoms with Gasteiger partial charge in [0.15, 0.2) is 12.3 Å². The Morgan fingerprint density at radius 3 is 2.54 bits per heavy atom. The molecule has 0 aliphatic carbocycles. The average molecular weight is 472 g/mol. The number of amides is 2. The van der Waals surface area contributed by atoms with Crippen molar-refractivity contribution in [2.45, 2.75) is 20.4 Å². The number of fused-ring (bicyclic) bond motifs is 1. The van der Waals surface area contributed by atoms with Crippen molar-refractivity contribution in [3.8, 4) is 0 Å². The lowest BCUT2D eigenvalue weighted by molar-refractivity contribution is -0.119. The molecular weight excluding hydrogens is 446 g/mol. The molecule has 0 fully saturated rings. The minimum Gasteiger partial charge on any atom is -0.452 e. The van der Waals surface area contributed by atoms with Crippen LogP contribution in [0.2, 0.25) is 0 Å². The third-order valence-electron chi connectivity index (χ3n) is 5.45. The fraction of sp³-hybridized carbons (Fsp3) is 0.192. The maximum Gasteiger partial charge on any atom is 0.340 e. The quantitative estimate of drug-likeness (QED) is 0.400. The van der Waals surface area contributed by atoms with E-state index >= 15 is 0 Å². The summed E-state index contributed by atoms with van der Waals surface area (Å²) in [6, 6.07) is 16.1. The number of ether oxygens (including phenoxy) is 1. The van der Waals surface area contributed by atoms with Gasteiger partial charge in [0.05, 0.1) is 22.5 Å². The van der Waals surface area contributed by atoms with Crippen LogP contribution in [0.3, 0.4) is 0 Å². The van der Waals surface area contributed by atoms with Crippen molar-refractivity contribution in [2.75, 3.05) is 11.9 Å². The van der Waals surface area contributed by atoms with Gasteiger partial charge in [-0.25, -0.2) is 9.78 Å². The first-order valence-corrected chi connectivity index (χ1v) is 11.0. The Hall–Kier alpha value is -4.53. The molecule has 9 nitrogen and oxygen atoms in total. The van der Waals surface area contributed by atoms with Crippen molar-refractivity contribution < 1.29 is 19.1 Å². The summed E-state index contributed by atoms with van der Waals surface area (Å²) >= 11 is 0. The molecular formula is C26H25N5O4. The molecule has 2 aromatic carbocycles. The number of hydrogen-bond donors (Lipinski definition) is 2. The summed E-state index contributed by atoms with van der Waals surface area (Å²) < 4.78 is 6.78. The minimum atomic E-state index is -0.679. The second kappa shape index (κ2) is 10.2. The summed E-state index contributed by atoms with van der Waals surface area (Å²) in [7, 11) is 1.77. The Labute approximate surface area is 202 Å². The summed E-state index contributed by atoms with van der Waals surface area (Å²) in [6.45, 7) is 3.66. The minimum absolute atomic E-state index is 0.220. The number of rotatable bonds is 7. The van der Waals surface area contributed by atoms with Crippen molar-refractivity contribution in [3.05, 3.63) is 88.7 Å². The summed E-state index contributed by atoms with van der Waals surface area (Å²) in [5, 5.41) is 10.5. The molecule has 4 rings (SSSR count). The van der Waals surface area contributed by atoms with Crippen LogP contribution in [0.1, 0.15) is 37.5 Å². The Bertz CT molecular complexity index is 1410. The fourth-order valence-electron chi connectivity index (χ4n) is 3.59. The second-order valence-electron chi connectivity index (χ2n) is 8.14. The van der Waals surface area contributed by atoms with Gasteiger partial charge in [-0.1, -0.05) is 42.0 Å². The van der Waals surface area contributed by atoms with Gasteiger partial charge in [-0.3, -0.25) is 14.3 Å². The number of nitrogens with zero attached hydrogens (tertiary/aromatic N) is 3. The van der Waals surface area contributed by atoms with Crippen LogP contribution >= 0.6 is 0 Å². The van der Waals surface area contributed by atoms with E-state index in [4.69, 9.17) is 4.74 Å². The number of esters is 1. The van der Waals surface area contributed by atoms with Crippen LogP contribution < -0.4 is 10.6 Å². The van der Waals surface area contributed by atoms with E-state index in [9.17, 15) is 14.4 Å². The molecule has 0 bridgehead atoms. The van der Waals surface area contributed by atoms with E-state index in [1.165, 1.54) is 6.20 Å². The number of benzene rings is 2. The van der Waals surface area contributed by atoms with E-state index in [1.807, 2.05) is 38.1 Å². The van der Waals surface area contributed by atoms with Crippen molar-refractivity contribution in [2.24, 2.45) is 7.05 Å². The SMILES string of the molecule is Cc1ccc(CNC(=O)c2ccccc2NC(=O)COC(=O)c2cnc3c(c2)c(C)nn3C)cc1. The van der Waals surface area contributed by atoms with Gasteiger partial charge >= 0.3 is 5.97 Å². The molecule has 178 valence electrons. The summed E-state index contributed by atoms with van der Waals surface area (Å²) in [5.74, 6) is -1.57. The Balaban J connectivity index is 1.36. The number of pyridine rings is 1. The molecule has 0 unspecified atom stereocenters. The first kappa shape index (κ1) is 23.6. The predicted octanol–water partition coefficient (Wildman–Crippen LogP) is 3.31. The van der Waals surface area contributed by atoms with Crippen LogP contribution in [0, 0.1) is 13.8 Å². The number of aryl methyl sites for hydroxylation is 3. The molecule has 0 aliphatic rings. The van der Waals surface area contributed by atoms with Crippen molar-refractivity contribution in [3.63, 3.8) is 0 Å². The first-order valence-electron chi connectivity index (χ1n) is 11.0. The van der Waals surface area contributed by atoms with Crippen LogP contribution in [0.4, 0.5) is 5.69 Å². The number of carbonyl (C=O) groups excluding carboxylic acids is 3. The van der Waals surface area contributed by atoms with E-state index in [2.05, 4.69) is 20.7 Å². The van der Waals surface area contributed by atoms with E-state index in [1.54, 1.807) is 42.1 Å². The van der Waals surface area contributed by atoms with Gasteiger partial charge in [0.2, 0.25) is 0 Å². The van der Waals surface area contributed by atoms with Gasteiger partial charge in [0.25, 0.3) is 11.8 Å². The maximum atomic E-state index is 12.7. The van der Waals surface area contributed by atoms with Crippen molar-refractivity contribution in [1.29, 1.82) is 0 Å². The molecule has 0 aliphatic heterocycles. The molecule has 0 saturated carbocycles. The van der Waals surface area contributed by atoms with E-state index in [0.717, 1.165) is 22.2 Å². The molecule has 2 amide bonds. The van der Waals surface area contributed by atoms with Crippen molar-refractivity contribution in [1.82, 2.24) is 20.1 Å². The number of hydrogen-bond acceptors (Lipinski definition) is 6. The fourth-order valence-corrected chi connectivity index (χ4v) is 3.59. The lowest BCUT2D eigenvalue weighted by atomic mass is 10.1. The number of anilines is 1. The lowest BCUT2D eigenvalue weighted by Gasteiger charge is -2.12. The number of para-hydroxylation sites is 1. The molecule has 4 aromatic rings. The van der Waals surface area contributed by atoms with Gasteiger partial charge in [0, 0.05) is 25.2 Å². The molecule has 0 radical (unpaired) electrons. The summed E-state index contributed by atoms with van der Waals surface area (Å²) in [5.41, 5.74) is 4.33. The van der Waals surface area contributed by atoms with Gasteiger partial charge in [-0.15, -0.1) is 0 Å². The van der Waals surface area contributed by atoms with Gasteiger partial charge in [-0.05, 0) is 37.6 Å². The highest BCUT2D eigenvalue weighted by Crippen LogP contribution is 2.18. The molecule has 0 saturated heterocycles. The normalized spacial score (nSPS) is 10.7. The Morgan fingerprint density at radius 1 is 1.03 bits per heavy atom. The number of nitrogens with one attached hydrogen (secondary N) is 2. The molecule has 9 heteroatoms. The Kier molecular flexibility index (Phi) is 6.86.